The second-order valence-corrected chi connectivity index (χ2v) is 3.83. The average molecular weight is 234 g/mol. The third-order valence-corrected chi connectivity index (χ3v) is 2.47. The molecule has 4 nitrogen and oxygen atoms in total. The largest absolute Gasteiger partial charge is 0.370 e. The number of hydrogen-bond donors (Lipinski definition) is 1. The van der Waals surface area contributed by atoms with Crippen LogP contribution in [0.3, 0.4) is 0 Å². The molecular formula is C13H18N2O2. The lowest BCUT2D eigenvalue weighted by molar-refractivity contribution is -0.106. The van der Waals surface area contributed by atoms with E-state index in [4.69, 9.17) is 14.7 Å². The van der Waals surface area contributed by atoms with Crippen LogP contribution in [0.2, 0.25) is 0 Å². The number of methoxy groups -OCH3 is 2. The first-order valence-electron chi connectivity index (χ1n) is 5.48. The summed E-state index contributed by atoms with van der Waals surface area (Å²) in [6.45, 7) is 2.01. The first-order valence-corrected chi connectivity index (χ1v) is 5.48. The molecule has 1 atom stereocenters. The lowest BCUT2D eigenvalue weighted by Crippen LogP contribution is -2.26. The van der Waals surface area contributed by atoms with E-state index in [1.54, 1.807) is 14.2 Å². The van der Waals surface area contributed by atoms with Gasteiger partial charge in [-0.3, -0.25) is 0 Å². The SMILES string of the molecule is COC(CC(C#N)Nc1cccc(C)c1)OC. The van der Waals surface area contributed by atoms with Crippen molar-refractivity contribution in [2.75, 3.05) is 19.5 Å². The van der Waals surface area contributed by atoms with Crippen LogP contribution in [0.1, 0.15) is 12.0 Å². The Hall–Kier alpha value is -1.57. The molecule has 1 N–H and O–H groups in total. The summed E-state index contributed by atoms with van der Waals surface area (Å²) in [5.74, 6) is 0. The van der Waals surface area contributed by atoms with Gasteiger partial charge >= 0.3 is 0 Å². The predicted molar refractivity (Wildman–Crippen MR) is 66.6 cm³/mol. The van der Waals surface area contributed by atoms with E-state index in [0.717, 1.165) is 11.3 Å². The van der Waals surface area contributed by atoms with Crippen molar-refractivity contribution in [1.29, 1.82) is 5.26 Å². The van der Waals surface area contributed by atoms with Crippen LogP contribution in [0, 0.1) is 18.3 Å². The number of nitrogens with one attached hydrogen (secondary N) is 1. The fraction of sp³-hybridized carbons (Fsp3) is 0.462. The molecule has 1 aromatic carbocycles. The number of nitriles is 1. The monoisotopic (exact) mass is 234 g/mol. The molecule has 0 heterocycles. The fourth-order valence-electron chi connectivity index (χ4n) is 1.56. The summed E-state index contributed by atoms with van der Waals surface area (Å²) in [7, 11) is 3.13. The van der Waals surface area contributed by atoms with E-state index in [9.17, 15) is 0 Å². The molecule has 1 rings (SSSR count). The lowest BCUT2D eigenvalue weighted by atomic mass is 10.1. The van der Waals surface area contributed by atoms with Crippen molar-refractivity contribution >= 4 is 5.69 Å². The Morgan fingerprint density at radius 2 is 2.06 bits per heavy atom. The normalized spacial score (nSPS) is 12.2. The Morgan fingerprint density at radius 3 is 2.59 bits per heavy atom. The number of hydrogen-bond acceptors (Lipinski definition) is 4. The van der Waals surface area contributed by atoms with Crippen molar-refractivity contribution in [3.05, 3.63) is 29.8 Å². The Labute approximate surface area is 102 Å². The average Bonchev–Trinajstić information content (AvgIpc) is 2.34. The predicted octanol–water partition coefficient (Wildman–Crippen LogP) is 2.31. The molecule has 1 aromatic rings. The van der Waals surface area contributed by atoms with E-state index < -0.39 is 0 Å². The lowest BCUT2D eigenvalue weighted by Gasteiger charge is -2.18. The fourth-order valence-corrected chi connectivity index (χ4v) is 1.56. The molecule has 4 heteroatoms. The van der Waals surface area contributed by atoms with Gasteiger partial charge in [0.2, 0.25) is 0 Å². The van der Waals surface area contributed by atoms with Gasteiger partial charge in [-0.25, -0.2) is 0 Å². The molecule has 92 valence electrons. The van der Waals surface area contributed by atoms with Gasteiger partial charge in [-0.15, -0.1) is 0 Å². The molecule has 0 aliphatic heterocycles. The Morgan fingerprint density at radius 1 is 1.35 bits per heavy atom. The number of nitrogens with zero attached hydrogens (tertiary/aromatic N) is 1. The third-order valence-electron chi connectivity index (χ3n) is 2.47. The van der Waals surface area contributed by atoms with Gasteiger partial charge in [0, 0.05) is 26.3 Å². The zero-order valence-corrected chi connectivity index (χ0v) is 10.4. The highest BCUT2D eigenvalue weighted by Gasteiger charge is 2.14. The van der Waals surface area contributed by atoms with Crippen molar-refractivity contribution in [2.45, 2.75) is 25.7 Å². The second kappa shape index (κ2) is 6.89. The number of ether oxygens (including phenoxy) is 2. The molecule has 0 aliphatic carbocycles. The number of aryl methyl sites for hydroxylation is 1. The van der Waals surface area contributed by atoms with E-state index in [2.05, 4.69) is 11.4 Å². The molecule has 0 spiro atoms. The molecule has 0 saturated carbocycles. The Balaban J connectivity index is 2.61. The maximum atomic E-state index is 9.07. The summed E-state index contributed by atoms with van der Waals surface area (Å²) >= 11 is 0. The van der Waals surface area contributed by atoms with Crippen molar-refractivity contribution in [2.24, 2.45) is 0 Å². The molecule has 0 fully saturated rings. The topological polar surface area (TPSA) is 54.3 Å². The van der Waals surface area contributed by atoms with Crippen LogP contribution in [0.25, 0.3) is 0 Å². The standard InChI is InChI=1S/C13H18N2O2/c1-10-5-4-6-11(7-10)15-12(9-14)8-13(16-2)17-3/h4-7,12-13,15H,8H2,1-3H3. The van der Waals surface area contributed by atoms with Gasteiger partial charge in [0.15, 0.2) is 6.29 Å². The van der Waals surface area contributed by atoms with Crippen molar-refractivity contribution in [3.8, 4) is 6.07 Å². The van der Waals surface area contributed by atoms with Crippen molar-refractivity contribution < 1.29 is 9.47 Å². The quantitative estimate of drug-likeness (QED) is 0.767. The Kier molecular flexibility index (Phi) is 5.47. The van der Waals surface area contributed by atoms with Gasteiger partial charge in [0.1, 0.15) is 6.04 Å². The summed E-state index contributed by atoms with van der Waals surface area (Å²) < 4.78 is 10.2. The zero-order valence-electron chi connectivity index (χ0n) is 10.4. The number of rotatable bonds is 6. The molecule has 0 saturated heterocycles. The molecule has 0 aromatic heterocycles. The molecule has 1 unspecified atom stereocenters. The maximum absolute atomic E-state index is 9.07. The molecular weight excluding hydrogens is 216 g/mol. The highest BCUT2D eigenvalue weighted by molar-refractivity contribution is 5.47. The van der Waals surface area contributed by atoms with Crippen LogP contribution in [-0.4, -0.2) is 26.6 Å². The van der Waals surface area contributed by atoms with Crippen LogP contribution in [0.15, 0.2) is 24.3 Å². The van der Waals surface area contributed by atoms with Gasteiger partial charge in [-0.05, 0) is 24.6 Å². The van der Waals surface area contributed by atoms with Crippen LogP contribution >= 0.6 is 0 Å². The number of benzene rings is 1. The minimum Gasteiger partial charge on any atom is -0.370 e. The van der Waals surface area contributed by atoms with E-state index >= 15 is 0 Å². The molecule has 0 radical (unpaired) electrons. The van der Waals surface area contributed by atoms with Crippen LogP contribution in [0.4, 0.5) is 5.69 Å². The van der Waals surface area contributed by atoms with Crippen LogP contribution in [-0.2, 0) is 9.47 Å². The minimum absolute atomic E-state index is 0.332. The van der Waals surface area contributed by atoms with E-state index in [0.29, 0.717) is 6.42 Å². The van der Waals surface area contributed by atoms with Crippen LogP contribution < -0.4 is 5.32 Å². The highest BCUT2D eigenvalue weighted by atomic mass is 16.7. The molecule has 0 bridgehead atoms. The summed E-state index contributed by atoms with van der Waals surface area (Å²) in [5, 5.41) is 12.2. The van der Waals surface area contributed by atoms with Crippen molar-refractivity contribution in [1.82, 2.24) is 0 Å². The van der Waals surface area contributed by atoms with Gasteiger partial charge in [0.05, 0.1) is 6.07 Å². The first-order chi connectivity index (χ1) is 8.19. The van der Waals surface area contributed by atoms with Gasteiger partial charge < -0.3 is 14.8 Å². The zero-order chi connectivity index (χ0) is 12.7. The maximum Gasteiger partial charge on any atom is 0.159 e. The molecule has 0 amide bonds. The van der Waals surface area contributed by atoms with Gasteiger partial charge in [-0.2, -0.15) is 5.26 Å². The summed E-state index contributed by atoms with van der Waals surface area (Å²) in [5.41, 5.74) is 2.09. The van der Waals surface area contributed by atoms with Crippen molar-refractivity contribution in [3.63, 3.8) is 0 Å². The first kappa shape index (κ1) is 13.5. The second-order valence-electron chi connectivity index (χ2n) is 3.83. The highest BCUT2D eigenvalue weighted by Crippen LogP contribution is 2.13. The summed E-state index contributed by atoms with van der Waals surface area (Å²) in [6.07, 6.45) is 0.120. The number of anilines is 1. The van der Waals surface area contributed by atoms with Crippen LogP contribution in [0.5, 0.6) is 0 Å². The molecule has 0 aliphatic rings. The Bertz CT molecular complexity index is 383. The smallest absolute Gasteiger partial charge is 0.159 e. The van der Waals surface area contributed by atoms with Gasteiger partial charge in [-0.1, -0.05) is 12.1 Å². The van der Waals surface area contributed by atoms with Gasteiger partial charge in [0.25, 0.3) is 0 Å². The summed E-state index contributed by atoms with van der Waals surface area (Å²) in [4.78, 5) is 0. The van der Waals surface area contributed by atoms with E-state index in [1.807, 2.05) is 31.2 Å². The molecule has 17 heavy (non-hydrogen) atoms. The third kappa shape index (κ3) is 4.43. The summed E-state index contributed by atoms with van der Waals surface area (Å²) in [6, 6.07) is 9.77. The van der Waals surface area contributed by atoms with E-state index in [-0.39, 0.29) is 12.3 Å². The van der Waals surface area contributed by atoms with E-state index in [1.165, 1.54) is 0 Å². The minimum atomic E-state index is -0.364.